The van der Waals surface area contributed by atoms with E-state index < -0.39 is 0 Å². The molecule has 0 saturated carbocycles. The second kappa shape index (κ2) is 12.4. The van der Waals surface area contributed by atoms with Crippen molar-refractivity contribution in [3.05, 3.63) is 182 Å². The van der Waals surface area contributed by atoms with Gasteiger partial charge >= 0.3 is 0 Å². The number of hydrogen-bond acceptors (Lipinski definition) is 5. The molecule has 59 heavy (non-hydrogen) atoms. The van der Waals surface area contributed by atoms with Crippen LogP contribution in [0.4, 0.5) is 0 Å². The van der Waals surface area contributed by atoms with Crippen LogP contribution in [0, 0.1) is 0 Å². The van der Waals surface area contributed by atoms with Gasteiger partial charge in [0, 0.05) is 53.0 Å². The summed E-state index contributed by atoms with van der Waals surface area (Å²) in [6.45, 7) is 0. The molecular weight excluding hydrogens is 741 g/mol. The molecule has 0 aliphatic carbocycles. The lowest BCUT2D eigenvalue weighted by atomic mass is 10.0. The van der Waals surface area contributed by atoms with E-state index in [2.05, 4.69) is 168 Å². The summed E-state index contributed by atoms with van der Waals surface area (Å²) in [4.78, 5) is 15.5. The lowest BCUT2D eigenvalue weighted by Crippen LogP contribution is -2.00. The minimum absolute atomic E-state index is 0.629. The molecule has 4 aromatic heterocycles. The van der Waals surface area contributed by atoms with E-state index in [9.17, 15) is 0 Å². The zero-order valence-electron chi connectivity index (χ0n) is 31.4. The average molecular weight is 771 g/mol. The van der Waals surface area contributed by atoms with E-state index in [0.29, 0.717) is 17.5 Å². The highest BCUT2D eigenvalue weighted by atomic mass is 32.1. The van der Waals surface area contributed by atoms with Crippen LogP contribution in [0.1, 0.15) is 0 Å². The van der Waals surface area contributed by atoms with Crippen molar-refractivity contribution in [2.75, 3.05) is 0 Å². The van der Waals surface area contributed by atoms with Crippen molar-refractivity contribution in [1.82, 2.24) is 19.5 Å². The summed E-state index contributed by atoms with van der Waals surface area (Å²) in [6.07, 6.45) is 0. The van der Waals surface area contributed by atoms with Gasteiger partial charge in [-0.15, -0.1) is 11.3 Å². The molecule has 13 rings (SSSR count). The standard InChI is InChI=1S/C53H30N4OS/c1-2-12-31(13-3-1)51-54-52(56-53(55-51)40-19-10-18-39-38-17-7-9-23-47(38)59-50(39)40)35-24-26-36-34(28-35)25-27-46-48(36)49-43(21-11-22-45(49)58-46)57-42-20-8-6-16-37(42)41-29-32-14-4-5-15-33(32)30-44(41)57/h1-30H. The van der Waals surface area contributed by atoms with Crippen LogP contribution in [-0.2, 0) is 0 Å². The molecule has 0 aliphatic heterocycles. The maximum atomic E-state index is 6.65. The molecule has 274 valence electrons. The minimum atomic E-state index is 0.629. The Hall–Kier alpha value is -7.67. The van der Waals surface area contributed by atoms with E-state index in [1.165, 1.54) is 47.2 Å². The van der Waals surface area contributed by atoms with Gasteiger partial charge in [0.25, 0.3) is 0 Å². The molecule has 0 radical (unpaired) electrons. The number of thiophene rings is 1. The molecule has 0 aliphatic rings. The smallest absolute Gasteiger partial charge is 0.165 e. The van der Waals surface area contributed by atoms with Gasteiger partial charge in [0.1, 0.15) is 11.2 Å². The SMILES string of the molecule is c1ccc(-c2nc(-c3ccc4c(ccc5oc6cccc(-n7c8ccccc8c8cc9ccccc9cc87)c6c54)c3)nc(-c3cccc4c3sc3ccccc34)n2)cc1. The van der Waals surface area contributed by atoms with Crippen molar-refractivity contribution >= 4 is 96.8 Å². The van der Waals surface area contributed by atoms with E-state index >= 15 is 0 Å². The Morgan fingerprint density at radius 3 is 2.02 bits per heavy atom. The summed E-state index contributed by atoms with van der Waals surface area (Å²) in [7, 11) is 0. The molecule has 0 spiro atoms. The van der Waals surface area contributed by atoms with Gasteiger partial charge in [-0.05, 0) is 76.1 Å². The molecule has 0 fully saturated rings. The molecule has 6 heteroatoms. The fraction of sp³-hybridized carbons (Fsp3) is 0. The highest BCUT2D eigenvalue weighted by molar-refractivity contribution is 7.26. The Kier molecular flexibility index (Phi) is 6.82. The molecule has 0 atom stereocenters. The van der Waals surface area contributed by atoms with Crippen LogP contribution in [0.3, 0.4) is 0 Å². The number of fused-ring (bicyclic) bond motifs is 12. The molecule has 5 nitrogen and oxygen atoms in total. The lowest BCUT2D eigenvalue weighted by Gasteiger charge is -2.11. The van der Waals surface area contributed by atoms with Crippen LogP contribution in [0.2, 0.25) is 0 Å². The predicted octanol–water partition coefficient (Wildman–Crippen LogP) is 14.5. The van der Waals surface area contributed by atoms with Gasteiger partial charge < -0.3 is 8.98 Å². The Bertz CT molecular complexity index is 3860. The Labute approximate surface area is 341 Å². The number of rotatable bonds is 4. The summed E-state index contributed by atoms with van der Waals surface area (Å²) in [5.74, 6) is 1.93. The number of nitrogens with zero attached hydrogens (tertiary/aromatic N) is 4. The van der Waals surface area contributed by atoms with Crippen LogP contribution in [0.15, 0.2) is 186 Å². The number of furan rings is 1. The quantitative estimate of drug-likeness (QED) is 0.179. The Morgan fingerprint density at radius 1 is 0.407 bits per heavy atom. The van der Waals surface area contributed by atoms with E-state index in [4.69, 9.17) is 19.4 Å². The first-order chi connectivity index (χ1) is 29.2. The zero-order valence-corrected chi connectivity index (χ0v) is 32.2. The van der Waals surface area contributed by atoms with E-state index in [0.717, 1.165) is 60.6 Å². The predicted molar refractivity (Wildman–Crippen MR) is 246 cm³/mol. The van der Waals surface area contributed by atoms with Gasteiger partial charge in [-0.3, -0.25) is 0 Å². The van der Waals surface area contributed by atoms with Crippen molar-refractivity contribution in [3.8, 4) is 39.9 Å². The third kappa shape index (κ3) is 4.87. The number of hydrogen-bond donors (Lipinski definition) is 0. The Morgan fingerprint density at radius 2 is 1.12 bits per heavy atom. The van der Waals surface area contributed by atoms with E-state index in [-0.39, 0.29) is 0 Å². The first kappa shape index (κ1) is 32.4. The van der Waals surface area contributed by atoms with E-state index in [1.807, 2.05) is 18.2 Å². The molecule has 13 aromatic rings. The van der Waals surface area contributed by atoms with Gasteiger partial charge in [-0.1, -0.05) is 127 Å². The fourth-order valence-electron chi connectivity index (χ4n) is 9.13. The van der Waals surface area contributed by atoms with Gasteiger partial charge in [-0.25, -0.2) is 15.0 Å². The second-order valence-corrected chi connectivity index (χ2v) is 16.2. The normalized spacial score (nSPS) is 12.1. The van der Waals surface area contributed by atoms with Crippen LogP contribution in [0.5, 0.6) is 0 Å². The van der Waals surface area contributed by atoms with E-state index in [1.54, 1.807) is 11.3 Å². The van der Waals surface area contributed by atoms with Crippen molar-refractivity contribution in [3.63, 3.8) is 0 Å². The van der Waals surface area contributed by atoms with Crippen molar-refractivity contribution in [2.24, 2.45) is 0 Å². The summed E-state index contributed by atoms with van der Waals surface area (Å²) in [6, 6.07) is 64.3. The third-order valence-electron chi connectivity index (χ3n) is 11.8. The van der Waals surface area contributed by atoms with Crippen LogP contribution in [0.25, 0.3) is 125 Å². The number of aromatic nitrogens is 4. The number of benzene rings is 9. The summed E-state index contributed by atoms with van der Waals surface area (Å²) in [5, 5.41) is 11.7. The molecule has 4 heterocycles. The molecule has 0 N–H and O–H groups in total. The van der Waals surface area contributed by atoms with Crippen molar-refractivity contribution in [2.45, 2.75) is 0 Å². The molecule has 9 aromatic carbocycles. The second-order valence-electron chi connectivity index (χ2n) is 15.1. The fourth-order valence-corrected chi connectivity index (χ4v) is 10.3. The molecule has 0 bridgehead atoms. The van der Waals surface area contributed by atoms with Crippen molar-refractivity contribution < 1.29 is 4.42 Å². The van der Waals surface area contributed by atoms with Gasteiger partial charge in [0.05, 0.1) is 22.1 Å². The topological polar surface area (TPSA) is 56.7 Å². The Balaban J connectivity index is 1.03. The summed E-state index contributed by atoms with van der Waals surface area (Å²) < 4.78 is 11.5. The van der Waals surface area contributed by atoms with Gasteiger partial charge in [0.2, 0.25) is 0 Å². The molecular formula is C53H30N4OS. The highest BCUT2D eigenvalue weighted by Crippen LogP contribution is 2.43. The molecule has 0 saturated heterocycles. The van der Waals surface area contributed by atoms with Gasteiger partial charge in [0.15, 0.2) is 17.5 Å². The molecule has 0 unspecified atom stereocenters. The first-order valence-electron chi connectivity index (χ1n) is 19.8. The first-order valence-corrected chi connectivity index (χ1v) is 20.6. The number of para-hydroxylation sites is 1. The average Bonchev–Trinajstić information content (AvgIpc) is 3.98. The third-order valence-corrected chi connectivity index (χ3v) is 13.0. The zero-order chi connectivity index (χ0) is 38.6. The lowest BCUT2D eigenvalue weighted by molar-refractivity contribution is 0.669. The minimum Gasteiger partial charge on any atom is -0.456 e. The summed E-state index contributed by atoms with van der Waals surface area (Å²) >= 11 is 1.78. The maximum absolute atomic E-state index is 6.65. The highest BCUT2D eigenvalue weighted by Gasteiger charge is 2.21. The van der Waals surface area contributed by atoms with Crippen LogP contribution >= 0.6 is 11.3 Å². The summed E-state index contributed by atoms with van der Waals surface area (Å²) in [5.41, 5.74) is 7.98. The maximum Gasteiger partial charge on any atom is 0.165 e. The largest absolute Gasteiger partial charge is 0.456 e. The van der Waals surface area contributed by atoms with Gasteiger partial charge in [-0.2, -0.15) is 0 Å². The molecule has 0 amide bonds. The van der Waals surface area contributed by atoms with Crippen LogP contribution in [-0.4, -0.2) is 19.5 Å². The monoisotopic (exact) mass is 770 g/mol. The van der Waals surface area contributed by atoms with Crippen molar-refractivity contribution in [1.29, 1.82) is 0 Å². The van der Waals surface area contributed by atoms with Crippen LogP contribution < -0.4 is 0 Å².